The molecule has 0 aliphatic heterocycles. The molecule has 1 aromatic carbocycles. The molecule has 0 bridgehead atoms. The van der Waals surface area contributed by atoms with Crippen molar-refractivity contribution in [2.24, 2.45) is 5.92 Å². The normalized spacial score (nSPS) is 11.8. The predicted molar refractivity (Wildman–Crippen MR) is 81.8 cm³/mol. The van der Waals surface area contributed by atoms with Crippen molar-refractivity contribution in [2.45, 2.75) is 20.4 Å². The van der Waals surface area contributed by atoms with Gasteiger partial charge in [-0.05, 0) is 26.1 Å². The van der Waals surface area contributed by atoms with Gasteiger partial charge in [0, 0.05) is 31.7 Å². The van der Waals surface area contributed by atoms with Crippen molar-refractivity contribution in [3.8, 4) is 5.75 Å². The van der Waals surface area contributed by atoms with E-state index in [1.165, 1.54) is 0 Å². The lowest BCUT2D eigenvalue weighted by Gasteiger charge is -2.26. The molecule has 0 fully saturated rings. The fraction of sp³-hybridized carbons (Fsp3) is 0.600. The van der Waals surface area contributed by atoms with Crippen molar-refractivity contribution in [1.29, 1.82) is 0 Å². The molecule has 1 rings (SSSR count). The predicted octanol–water partition coefficient (Wildman–Crippen LogP) is 3.07. The van der Waals surface area contributed by atoms with Gasteiger partial charge < -0.3 is 10.0 Å². The second-order valence-electron chi connectivity index (χ2n) is 5.68. The highest BCUT2D eigenvalue weighted by Gasteiger charge is 2.12. The van der Waals surface area contributed by atoms with Crippen molar-refractivity contribution in [1.82, 2.24) is 9.80 Å². The molecule has 0 aromatic heterocycles. The third-order valence-electron chi connectivity index (χ3n) is 2.95. The molecule has 0 saturated heterocycles. The molecule has 3 nitrogen and oxygen atoms in total. The quantitative estimate of drug-likeness (QED) is 0.834. The molecule has 0 radical (unpaired) electrons. The monoisotopic (exact) mass is 284 g/mol. The van der Waals surface area contributed by atoms with Crippen LogP contribution in [0, 0.1) is 5.92 Å². The van der Waals surface area contributed by atoms with Gasteiger partial charge in [-0.1, -0.05) is 37.6 Å². The van der Waals surface area contributed by atoms with Gasteiger partial charge in [0.25, 0.3) is 0 Å². The molecule has 1 aromatic rings. The topological polar surface area (TPSA) is 26.7 Å². The Hall–Kier alpha value is -0.770. The summed E-state index contributed by atoms with van der Waals surface area (Å²) in [6.07, 6.45) is 0. The van der Waals surface area contributed by atoms with Gasteiger partial charge in [0.05, 0.1) is 5.02 Å². The average molecular weight is 285 g/mol. The van der Waals surface area contributed by atoms with Crippen LogP contribution >= 0.6 is 11.6 Å². The second kappa shape index (κ2) is 7.73. The average Bonchev–Trinajstić information content (AvgIpc) is 2.31. The number of hydrogen-bond donors (Lipinski definition) is 1. The van der Waals surface area contributed by atoms with E-state index in [4.69, 9.17) is 11.6 Å². The summed E-state index contributed by atoms with van der Waals surface area (Å²) in [6.45, 7) is 8.16. The number of hydrogen-bond acceptors (Lipinski definition) is 3. The summed E-state index contributed by atoms with van der Waals surface area (Å²) < 4.78 is 0. The Morgan fingerprint density at radius 1 is 1.21 bits per heavy atom. The van der Waals surface area contributed by atoms with Gasteiger partial charge in [-0.15, -0.1) is 0 Å². The fourth-order valence-electron chi connectivity index (χ4n) is 2.02. The third-order valence-corrected chi connectivity index (χ3v) is 3.26. The number of para-hydroxylation sites is 1. The van der Waals surface area contributed by atoms with Crippen LogP contribution in [0.4, 0.5) is 0 Å². The fourth-order valence-corrected chi connectivity index (χ4v) is 2.22. The van der Waals surface area contributed by atoms with Crippen molar-refractivity contribution in [2.75, 3.05) is 33.7 Å². The van der Waals surface area contributed by atoms with Gasteiger partial charge in [0.1, 0.15) is 5.75 Å². The Morgan fingerprint density at radius 2 is 1.89 bits per heavy atom. The van der Waals surface area contributed by atoms with Crippen LogP contribution < -0.4 is 0 Å². The molecule has 0 saturated carbocycles. The van der Waals surface area contributed by atoms with Crippen LogP contribution in [-0.2, 0) is 6.54 Å². The highest BCUT2D eigenvalue weighted by Crippen LogP contribution is 2.28. The number of halogens is 1. The Kier molecular flexibility index (Phi) is 6.63. The smallest absolute Gasteiger partial charge is 0.138 e. The molecule has 0 spiro atoms. The summed E-state index contributed by atoms with van der Waals surface area (Å²) in [5.41, 5.74) is 0.895. The summed E-state index contributed by atoms with van der Waals surface area (Å²) >= 11 is 5.95. The lowest BCUT2D eigenvalue weighted by atomic mass is 10.1. The largest absolute Gasteiger partial charge is 0.506 e. The van der Waals surface area contributed by atoms with Gasteiger partial charge >= 0.3 is 0 Å². The van der Waals surface area contributed by atoms with E-state index in [0.717, 1.165) is 31.7 Å². The zero-order valence-electron chi connectivity index (χ0n) is 12.4. The number of benzene rings is 1. The first-order chi connectivity index (χ1) is 8.90. The lowest BCUT2D eigenvalue weighted by Crippen LogP contribution is -2.34. The first kappa shape index (κ1) is 16.3. The first-order valence-electron chi connectivity index (χ1n) is 6.73. The van der Waals surface area contributed by atoms with Gasteiger partial charge in [0.15, 0.2) is 0 Å². The molecule has 0 aliphatic rings. The summed E-state index contributed by atoms with van der Waals surface area (Å²) in [5, 5.41) is 10.4. The van der Waals surface area contributed by atoms with Gasteiger partial charge in [0.2, 0.25) is 0 Å². The molecule has 0 unspecified atom stereocenters. The van der Waals surface area contributed by atoms with Crippen LogP contribution in [0.2, 0.25) is 5.02 Å². The van der Waals surface area contributed by atoms with E-state index in [1.807, 2.05) is 12.1 Å². The van der Waals surface area contributed by atoms with Crippen LogP contribution in [0.3, 0.4) is 0 Å². The van der Waals surface area contributed by atoms with Crippen LogP contribution in [0.25, 0.3) is 0 Å². The van der Waals surface area contributed by atoms with Crippen LogP contribution in [0.5, 0.6) is 5.75 Å². The first-order valence-corrected chi connectivity index (χ1v) is 7.11. The van der Waals surface area contributed by atoms with E-state index < -0.39 is 0 Å². The van der Waals surface area contributed by atoms with Crippen LogP contribution in [-0.4, -0.2) is 48.6 Å². The highest BCUT2D eigenvalue weighted by molar-refractivity contribution is 6.32. The summed E-state index contributed by atoms with van der Waals surface area (Å²) in [5.74, 6) is 0.811. The second-order valence-corrected chi connectivity index (χ2v) is 6.09. The SMILES string of the molecule is CC(C)CN(CCN(C)C)Cc1cccc(Cl)c1O. The molecule has 4 heteroatoms. The number of rotatable bonds is 7. The summed E-state index contributed by atoms with van der Waals surface area (Å²) in [6, 6.07) is 5.54. The minimum atomic E-state index is 0.211. The molecule has 108 valence electrons. The van der Waals surface area contributed by atoms with Crippen molar-refractivity contribution in [3.05, 3.63) is 28.8 Å². The maximum absolute atomic E-state index is 9.99. The van der Waals surface area contributed by atoms with E-state index in [2.05, 4.69) is 37.7 Å². The van der Waals surface area contributed by atoms with Crippen molar-refractivity contribution in [3.63, 3.8) is 0 Å². The number of aromatic hydroxyl groups is 1. The number of nitrogens with zero attached hydrogens (tertiary/aromatic N) is 2. The zero-order chi connectivity index (χ0) is 14.4. The molecule has 0 heterocycles. The molecule has 19 heavy (non-hydrogen) atoms. The van der Waals surface area contributed by atoms with E-state index in [-0.39, 0.29) is 5.75 Å². The maximum atomic E-state index is 9.99. The Morgan fingerprint density at radius 3 is 2.47 bits per heavy atom. The molecule has 0 aliphatic carbocycles. The van der Waals surface area contributed by atoms with Gasteiger partial charge in [-0.3, -0.25) is 4.90 Å². The van der Waals surface area contributed by atoms with Crippen molar-refractivity contribution >= 4 is 11.6 Å². The Balaban J connectivity index is 2.72. The molecule has 1 N–H and O–H groups in total. The highest BCUT2D eigenvalue weighted by atomic mass is 35.5. The molecular formula is C15H25ClN2O. The lowest BCUT2D eigenvalue weighted by molar-refractivity contribution is 0.210. The number of phenols is 1. The van der Waals surface area contributed by atoms with Gasteiger partial charge in [-0.2, -0.15) is 0 Å². The molecular weight excluding hydrogens is 260 g/mol. The standard InChI is InChI=1S/C15H25ClN2O/c1-12(2)10-18(9-8-17(3)4)11-13-6-5-7-14(16)15(13)19/h5-7,12,19H,8-11H2,1-4H3. The minimum Gasteiger partial charge on any atom is -0.506 e. The van der Waals surface area contributed by atoms with Crippen LogP contribution in [0.15, 0.2) is 18.2 Å². The zero-order valence-corrected chi connectivity index (χ0v) is 13.1. The Bertz CT molecular complexity index is 394. The Labute approximate surface area is 121 Å². The van der Waals surface area contributed by atoms with E-state index in [9.17, 15) is 5.11 Å². The van der Waals surface area contributed by atoms with E-state index >= 15 is 0 Å². The minimum absolute atomic E-state index is 0.211. The van der Waals surface area contributed by atoms with E-state index in [1.54, 1.807) is 6.07 Å². The maximum Gasteiger partial charge on any atom is 0.138 e. The van der Waals surface area contributed by atoms with Crippen molar-refractivity contribution < 1.29 is 5.11 Å². The van der Waals surface area contributed by atoms with E-state index in [0.29, 0.717) is 10.9 Å². The molecule has 0 atom stereocenters. The number of phenolic OH excluding ortho intramolecular Hbond substituents is 1. The van der Waals surface area contributed by atoms with Gasteiger partial charge in [-0.25, -0.2) is 0 Å². The molecule has 0 amide bonds. The summed E-state index contributed by atoms with van der Waals surface area (Å²) in [7, 11) is 4.15. The summed E-state index contributed by atoms with van der Waals surface area (Å²) in [4.78, 5) is 4.53. The number of likely N-dealkylation sites (N-methyl/N-ethyl adjacent to an activating group) is 1. The third kappa shape index (κ3) is 5.81. The van der Waals surface area contributed by atoms with Crippen LogP contribution in [0.1, 0.15) is 19.4 Å².